The Labute approximate surface area is 218 Å². The predicted octanol–water partition coefficient (Wildman–Crippen LogP) is 6.49. The zero-order chi connectivity index (χ0) is 25.6. The van der Waals surface area contributed by atoms with Crippen LogP contribution in [0, 0.1) is 0 Å². The first-order chi connectivity index (χ1) is 18.1. The average Bonchev–Trinajstić information content (AvgIpc) is 3.68. The molecule has 188 valence electrons. The van der Waals surface area contributed by atoms with Gasteiger partial charge in [0.1, 0.15) is 0 Å². The van der Waals surface area contributed by atoms with E-state index in [1.807, 2.05) is 59.2 Å². The van der Waals surface area contributed by atoms with E-state index in [0.717, 1.165) is 47.4 Å². The van der Waals surface area contributed by atoms with E-state index in [1.165, 1.54) is 17.7 Å². The number of Topliss-reactive ketones (excluding diaryl/α,β-unsaturated/α-hetero) is 1. The molecule has 0 atom stereocenters. The molecule has 2 aromatic carbocycles. The number of nitrogens with one attached hydrogen (secondary N) is 2. The monoisotopic (exact) mass is 513 g/mol. The van der Waals surface area contributed by atoms with Crippen LogP contribution in [0.3, 0.4) is 0 Å². The Bertz CT molecular complexity index is 1510. The highest BCUT2D eigenvalue weighted by Crippen LogP contribution is 2.29. The van der Waals surface area contributed by atoms with Crippen molar-refractivity contribution < 1.29 is 14.0 Å². The van der Waals surface area contributed by atoms with E-state index < -0.39 is 0 Å². The number of benzene rings is 2. The van der Waals surface area contributed by atoms with E-state index >= 15 is 0 Å². The van der Waals surface area contributed by atoms with Gasteiger partial charge >= 0.3 is 0 Å². The number of oxazole rings is 1. The van der Waals surface area contributed by atoms with Crippen molar-refractivity contribution in [2.24, 2.45) is 0 Å². The quantitative estimate of drug-likeness (QED) is 0.155. The Morgan fingerprint density at radius 1 is 1.05 bits per heavy atom. The summed E-state index contributed by atoms with van der Waals surface area (Å²) in [5.41, 5.74) is 3.14. The molecule has 0 aliphatic carbocycles. The maximum atomic E-state index is 13.1. The van der Waals surface area contributed by atoms with Gasteiger partial charge in [-0.25, -0.2) is 9.97 Å². The first kappa shape index (κ1) is 24.5. The molecule has 0 saturated carbocycles. The molecule has 8 nitrogen and oxygen atoms in total. The standard InChI is InChI=1S/C28H27N5O3S/c1-2-3-7-14-33-22-11-10-20(30-16-23(34)19-8-5-4-6-9-19)15-21(22)31-28(33)32-27(35)26-13-12-25(37-26)24-17-29-18-36-24/h4-6,8-13,15,17-18,30H,2-3,7,14,16H2,1H3,(H,31,32,35). The number of ketones is 1. The molecule has 0 fully saturated rings. The lowest BCUT2D eigenvalue weighted by Crippen LogP contribution is -2.15. The number of anilines is 2. The first-order valence-corrected chi connectivity index (χ1v) is 13.1. The van der Waals surface area contributed by atoms with Gasteiger partial charge in [-0.3, -0.25) is 14.9 Å². The number of aromatic nitrogens is 3. The van der Waals surface area contributed by atoms with Crippen molar-refractivity contribution in [2.75, 3.05) is 17.2 Å². The van der Waals surface area contributed by atoms with Crippen molar-refractivity contribution in [3.8, 4) is 10.6 Å². The van der Waals surface area contributed by atoms with E-state index in [2.05, 4.69) is 22.5 Å². The van der Waals surface area contributed by atoms with Crippen LogP contribution in [0.25, 0.3) is 21.7 Å². The molecule has 0 radical (unpaired) electrons. The van der Waals surface area contributed by atoms with Gasteiger partial charge in [-0.15, -0.1) is 11.3 Å². The molecule has 5 aromatic rings. The summed E-state index contributed by atoms with van der Waals surface area (Å²) in [6.07, 6.45) is 6.15. The number of rotatable bonds is 11. The minimum atomic E-state index is -0.227. The smallest absolute Gasteiger partial charge is 0.268 e. The number of nitrogens with zero attached hydrogens (tertiary/aromatic N) is 3. The van der Waals surface area contributed by atoms with E-state index in [1.54, 1.807) is 12.3 Å². The molecule has 0 aliphatic rings. The highest BCUT2D eigenvalue weighted by atomic mass is 32.1. The summed E-state index contributed by atoms with van der Waals surface area (Å²) in [5.74, 6) is 0.916. The molecule has 37 heavy (non-hydrogen) atoms. The largest absolute Gasteiger partial charge is 0.443 e. The van der Waals surface area contributed by atoms with Crippen molar-refractivity contribution in [2.45, 2.75) is 32.7 Å². The molecule has 0 saturated heterocycles. The summed E-state index contributed by atoms with van der Waals surface area (Å²) in [4.78, 5) is 35.6. The van der Waals surface area contributed by atoms with Gasteiger partial charge in [0, 0.05) is 17.8 Å². The minimum Gasteiger partial charge on any atom is -0.443 e. The molecule has 2 N–H and O–H groups in total. The molecule has 5 rings (SSSR count). The van der Waals surface area contributed by atoms with Crippen LogP contribution < -0.4 is 10.6 Å². The van der Waals surface area contributed by atoms with E-state index in [9.17, 15) is 9.59 Å². The fourth-order valence-corrected chi connectivity index (χ4v) is 4.94. The van der Waals surface area contributed by atoms with Crippen LogP contribution in [0.1, 0.15) is 46.2 Å². The van der Waals surface area contributed by atoms with Crippen molar-refractivity contribution in [3.63, 3.8) is 0 Å². The SMILES string of the molecule is CCCCCn1c(NC(=O)c2ccc(-c3cnco3)s2)nc2cc(NCC(=O)c3ccccc3)ccc21. The number of aryl methyl sites for hydroxylation is 1. The zero-order valence-electron chi connectivity index (χ0n) is 20.4. The van der Waals surface area contributed by atoms with Gasteiger partial charge in [-0.05, 0) is 36.8 Å². The number of fused-ring (bicyclic) bond motifs is 1. The van der Waals surface area contributed by atoms with Gasteiger partial charge in [0.25, 0.3) is 5.91 Å². The van der Waals surface area contributed by atoms with Crippen LogP contribution in [0.4, 0.5) is 11.6 Å². The molecule has 3 heterocycles. The topological polar surface area (TPSA) is 102 Å². The van der Waals surface area contributed by atoms with Crippen LogP contribution in [0.5, 0.6) is 0 Å². The lowest BCUT2D eigenvalue weighted by molar-refractivity contribution is 0.100. The normalized spacial score (nSPS) is 11.1. The number of carbonyl (C=O) groups excluding carboxylic acids is 2. The van der Waals surface area contributed by atoms with E-state index in [4.69, 9.17) is 9.40 Å². The second-order valence-electron chi connectivity index (χ2n) is 8.62. The number of thiophene rings is 1. The van der Waals surface area contributed by atoms with E-state index in [-0.39, 0.29) is 18.2 Å². The summed E-state index contributed by atoms with van der Waals surface area (Å²) in [6, 6.07) is 18.7. The number of hydrogen-bond acceptors (Lipinski definition) is 7. The average molecular weight is 514 g/mol. The van der Waals surface area contributed by atoms with Gasteiger partial charge in [0.05, 0.1) is 33.5 Å². The maximum absolute atomic E-state index is 13.1. The minimum absolute atomic E-state index is 0.0133. The molecule has 1 amide bonds. The fourth-order valence-electron chi connectivity index (χ4n) is 4.08. The first-order valence-electron chi connectivity index (χ1n) is 12.2. The van der Waals surface area contributed by atoms with Crippen molar-refractivity contribution in [1.82, 2.24) is 14.5 Å². The Balaban J connectivity index is 1.35. The van der Waals surface area contributed by atoms with Crippen molar-refractivity contribution in [3.05, 3.63) is 83.7 Å². The van der Waals surface area contributed by atoms with Gasteiger partial charge in [-0.1, -0.05) is 50.1 Å². The number of carbonyl (C=O) groups is 2. The molecule has 9 heteroatoms. The Morgan fingerprint density at radius 3 is 2.70 bits per heavy atom. The Kier molecular flexibility index (Phi) is 7.41. The number of amides is 1. The second kappa shape index (κ2) is 11.2. The molecular weight excluding hydrogens is 486 g/mol. The summed E-state index contributed by atoms with van der Waals surface area (Å²) >= 11 is 1.34. The van der Waals surface area contributed by atoms with Crippen LogP contribution in [0.2, 0.25) is 0 Å². The maximum Gasteiger partial charge on any atom is 0.268 e. The molecule has 0 spiro atoms. The summed E-state index contributed by atoms with van der Waals surface area (Å²) in [5, 5.41) is 6.20. The number of hydrogen-bond donors (Lipinski definition) is 2. The lowest BCUT2D eigenvalue weighted by Gasteiger charge is -2.10. The van der Waals surface area contributed by atoms with Crippen LogP contribution in [0.15, 0.2) is 77.7 Å². The summed E-state index contributed by atoms with van der Waals surface area (Å²) < 4.78 is 7.39. The zero-order valence-corrected chi connectivity index (χ0v) is 21.3. The Hall–Kier alpha value is -4.24. The van der Waals surface area contributed by atoms with Crippen LogP contribution in [-0.4, -0.2) is 32.8 Å². The third kappa shape index (κ3) is 5.62. The predicted molar refractivity (Wildman–Crippen MR) is 146 cm³/mol. The van der Waals surface area contributed by atoms with Crippen molar-refractivity contribution in [1.29, 1.82) is 0 Å². The molecule has 0 aliphatic heterocycles. The lowest BCUT2D eigenvalue weighted by atomic mass is 10.1. The number of unbranched alkanes of at least 4 members (excludes halogenated alkanes) is 2. The molecule has 0 unspecified atom stereocenters. The van der Waals surface area contributed by atoms with Crippen LogP contribution >= 0.6 is 11.3 Å². The van der Waals surface area contributed by atoms with Crippen LogP contribution in [-0.2, 0) is 6.54 Å². The van der Waals surface area contributed by atoms with Crippen molar-refractivity contribution >= 4 is 45.7 Å². The van der Waals surface area contributed by atoms with E-state index in [0.29, 0.717) is 22.1 Å². The molecular formula is C28H27N5O3S. The summed E-state index contributed by atoms with van der Waals surface area (Å²) in [6.45, 7) is 3.08. The molecule has 3 aromatic heterocycles. The Morgan fingerprint density at radius 2 is 1.92 bits per heavy atom. The van der Waals surface area contributed by atoms with Gasteiger partial charge in [0.2, 0.25) is 5.95 Å². The van der Waals surface area contributed by atoms with Gasteiger partial charge in [-0.2, -0.15) is 0 Å². The van der Waals surface area contributed by atoms with Gasteiger partial charge in [0.15, 0.2) is 17.9 Å². The second-order valence-corrected chi connectivity index (χ2v) is 9.71. The molecule has 0 bridgehead atoms. The third-order valence-corrected chi connectivity index (χ3v) is 7.11. The highest BCUT2D eigenvalue weighted by Gasteiger charge is 2.17. The summed E-state index contributed by atoms with van der Waals surface area (Å²) in [7, 11) is 0. The fraction of sp³-hybridized carbons (Fsp3) is 0.214. The number of imidazole rings is 1. The van der Waals surface area contributed by atoms with Gasteiger partial charge < -0.3 is 14.3 Å². The highest BCUT2D eigenvalue weighted by molar-refractivity contribution is 7.17. The third-order valence-electron chi connectivity index (χ3n) is 6.01.